The molecular weight excluding hydrogens is 292 g/mol. The number of carbonyl (C=O) groups is 1. The Morgan fingerprint density at radius 2 is 1.95 bits per heavy atom. The Morgan fingerprint density at radius 1 is 1.18 bits per heavy atom. The zero-order valence-corrected chi connectivity index (χ0v) is 11.3. The summed E-state index contributed by atoms with van der Waals surface area (Å²) in [5.74, 6) is -2.65. The molecule has 22 heavy (non-hydrogen) atoms. The second kappa shape index (κ2) is 5.10. The predicted octanol–water partition coefficient (Wildman–Crippen LogP) is 2.98. The molecule has 0 saturated heterocycles. The molecule has 2 aromatic heterocycles. The molecule has 5 nitrogen and oxygen atoms in total. The number of benzene rings is 1. The lowest BCUT2D eigenvalue weighted by atomic mass is 10.1. The van der Waals surface area contributed by atoms with Crippen LogP contribution in [0.4, 0.5) is 8.78 Å². The fourth-order valence-corrected chi connectivity index (χ4v) is 2.19. The zero-order chi connectivity index (χ0) is 15.9. The SMILES string of the molecule is Cc1nc2ncnc(-c3ccc(F)cc3F)c2cc1C(=O)O. The summed E-state index contributed by atoms with van der Waals surface area (Å²) in [6.45, 7) is 1.54. The quantitative estimate of drug-likeness (QED) is 0.787. The number of rotatable bonds is 2. The molecule has 0 bridgehead atoms. The van der Waals surface area contributed by atoms with Gasteiger partial charge in [-0.2, -0.15) is 0 Å². The number of aromatic carboxylic acids is 1. The van der Waals surface area contributed by atoms with Crippen molar-refractivity contribution in [1.82, 2.24) is 15.0 Å². The van der Waals surface area contributed by atoms with Crippen molar-refractivity contribution in [3.05, 3.63) is 53.5 Å². The number of hydrogen-bond donors (Lipinski definition) is 1. The third-order valence-electron chi connectivity index (χ3n) is 3.23. The van der Waals surface area contributed by atoms with Gasteiger partial charge < -0.3 is 5.11 Å². The largest absolute Gasteiger partial charge is 0.478 e. The minimum Gasteiger partial charge on any atom is -0.478 e. The Labute approximate surface area is 123 Å². The Balaban J connectivity index is 2.34. The molecule has 0 aliphatic heterocycles. The molecule has 0 unspecified atom stereocenters. The minimum atomic E-state index is -1.15. The molecule has 1 N–H and O–H groups in total. The van der Waals surface area contributed by atoms with Gasteiger partial charge in [0.15, 0.2) is 5.65 Å². The number of nitrogens with zero attached hydrogens (tertiary/aromatic N) is 3. The van der Waals surface area contributed by atoms with E-state index >= 15 is 0 Å². The van der Waals surface area contributed by atoms with Crippen molar-refractivity contribution >= 4 is 17.0 Å². The maximum Gasteiger partial charge on any atom is 0.337 e. The van der Waals surface area contributed by atoms with Crippen LogP contribution in [0, 0.1) is 18.6 Å². The molecule has 0 aliphatic rings. The smallest absolute Gasteiger partial charge is 0.337 e. The van der Waals surface area contributed by atoms with Crippen LogP contribution < -0.4 is 0 Å². The lowest BCUT2D eigenvalue weighted by Crippen LogP contribution is -2.04. The molecule has 3 aromatic rings. The molecule has 0 saturated carbocycles. The highest BCUT2D eigenvalue weighted by atomic mass is 19.1. The standard InChI is InChI=1S/C15H9F2N3O2/c1-7-10(15(21)22)5-11-13(18-6-19-14(11)20-7)9-3-2-8(16)4-12(9)17/h2-6H,1H3,(H,21,22). The van der Waals surface area contributed by atoms with Gasteiger partial charge in [-0.3, -0.25) is 0 Å². The first-order valence-corrected chi connectivity index (χ1v) is 6.28. The zero-order valence-electron chi connectivity index (χ0n) is 11.3. The molecule has 0 aliphatic carbocycles. The van der Waals surface area contributed by atoms with Crippen LogP contribution in [0.2, 0.25) is 0 Å². The molecule has 2 heterocycles. The van der Waals surface area contributed by atoms with Crippen molar-refractivity contribution in [2.24, 2.45) is 0 Å². The Bertz CT molecular complexity index is 913. The highest BCUT2D eigenvalue weighted by Gasteiger charge is 2.16. The van der Waals surface area contributed by atoms with Gasteiger partial charge in [0.05, 0.1) is 17.0 Å². The summed E-state index contributed by atoms with van der Waals surface area (Å²) in [6, 6.07) is 4.43. The van der Waals surface area contributed by atoms with Crippen molar-refractivity contribution in [3.8, 4) is 11.3 Å². The summed E-state index contributed by atoms with van der Waals surface area (Å²) in [7, 11) is 0. The van der Waals surface area contributed by atoms with Gasteiger partial charge in [-0.1, -0.05) is 0 Å². The molecule has 1 aromatic carbocycles. The lowest BCUT2D eigenvalue weighted by Gasteiger charge is -2.08. The molecule has 110 valence electrons. The van der Waals surface area contributed by atoms with E-state index in [0.717, 1.165) is 12.1 Å². The first-order valence-electron chi connectivity index (χ1n) is 6.28. The second-order valence-corrected chi connectivity index (χ2v) is 4.64. The summed E-state index contributed by atoms with van der Waals surface area (Å²) in [5, 5.41) is 9.46. The van der Waals surface area contributed by atoms with Crippen LogP contribution in [0.3, 0.4) is 0 Å². The van der Waals surface area contributed by atoms with Crippen LogP contribution in [0.1, 0.15) is 16.1 Å². The van der Waals surface area contributed by atoms with Gasteiger partial charge in [-0.05, 0) is 25.1 Å². The molecule has 7 heteroatoms. The van der Waals surface area contributed by atoms with Crippen molar-refractivity contribution in [2.45, 2.75) is 6.92 Å². The second-order valence-electron chi connectivity index (χ2n) is 4.64. The number of halogens is 2. The number of aromatic nitrogens is 3. The summed E-state index contributed by atoms with van der Waals surface area (Å²) in [5.41, 5.74) is 0.736. The van der Waals surface area contributed by atoms with Crippen molar-refractivity contribution in [1.29, 1.82) is 0 Å². The number of carboxylic acid groups (broad SMARTS) is 1. The van der Waals surface area contributed by atoms with Crippen LogP contribution in [-0.2, 0) is 0 Å². The fourth-order valence-electron chi connectivity index (χ4n) is 2.19. The molecule has 0 atom stereocenters. The van der Waals surface area contributed by atoms with E-state index < -0.39 is 17.6 Å². The van der Waals surface area contributed by atoms with Crippen LogP contribution in [0.5, 0.6) is 0 Å². The van der Waals surface area contributed by atoms with Crippen molar-refractivity contribution in [2.75, 3.05) is 0 Å². The monoisotopic (exact) mass is 301 g/mol. The minimum absolute atomic E-state index is 0.0222. The molecule has 0 amide bonds. The number of fused-ring (bicyclic) bond motifs is 1. The Hall–Kier alpha value is -2.96. The first kappa shape index (κ1) is 14.0. The summed E-state index contributed by atoms with van der Waals surface area (Å²) in [4.78, 5) is 23.3. The van der Waals surface area contributed by atoms with E-state index in [1.54, 1.807) is 6.92 Å². The van der Waals surface area contributed by atoms with Crippen molar-refractivity contribution < 1.29 is 18.7 Å². The third-order valence-corrected chi connectivity index (χ3v) is 3.23. The number of aryl methyl sites for hydroxylation is 1. The highest BCUT2D eigenvalue weighted by Crippen LogP contribution is 2.28. The van der Waals surface area contributed by atoms with Gasteiger partial charge in [0.25, 0.3) is 0 Å². The number of pyridine rings is 1. The van der Waals surface area contributed by atoms with Crippen LogP contribution in [0.15, 0.2) is 30.6 Å². The van der Waals surface area contributed by atoms with Gasteiger partial charge in [0.1, 0.15) is 18.0 Å². The highest BCUT2D eigenvalue weighted by molar-refractivity contribution is 5.97. The van der Waals surface area contributed by atoms with E-state index in [0.29, 0.717) is 5.69 Å². The number of carboxylic acids is 1. The molecule has 0 spiro atoms. The normalized spacial score (nSPS) is 10.9. The van der Waals surface area contributed by atoms with Crippen LogP contribution in [0.25, 0.3) is 22.3 Å². The van der Waals surface area contributed by atoms with E-state index in [9.17, 15) is 18.7 Å². The predicted molar refractivity (Wildman–Crippen MR) is 74.4 cm³/mol. The molecular formula is C15H9F2N3O2. The number of hydrogen-bond acceptors (Lipinski definition) is 4. The summed E-state index contributed by atoms with van der Waals surface area (Å²) < 4.78 is 27.0. The Kier molecular flexibility index (Phi) is 3.25. The first-order chi connectivity index (χ1) is 10.5. The summed E-state index contributed by atoms with van der Waals surface area (Å²) in [6.07, 6.45) is 1.20. The van der Waals surface area contributed by atoms with Gasteiger partial charge in [0, 0.05) is 17.0 Å². The van der Waals surface area contributed by atoms with Gasteiger partial charge in [-0.25, -0.2) is 28.5 Å². The van der Waals surface area contributed by atoms with Crippen molar-refractivity contribution in [3.63, 3.8) is 0 Å². The van der Waals surface area contributed by atoms with E-state index in [1.807, 2.05) is 0 Å². The van der Waals surface area contributed by atoms with Gasteiger partial charge in [-0.15, -0.1) is 0 Å². The van der Waals surface area contributed by atoms with Crippen LogP contribution in [-0.4, -0.2) is 26.0 Å². The van der Waals surface area contributed by atoms with Crippen LogP contribution >= 0.6 is 0 Å². The topological polar surface area (TPSA) is 76.0 Å². The molecule has 0 radical (unpaired) electrons. The summed E-state index contributed by atoms with van der Waals surface area (Å²) >= 11 is 0. The fraction of sp³-hybridized carbons (Fsp3) is 0.0667. The van der Waals surface area contributed by atoms with E-state index in [1.165, 1.54) is 18.5 Å². The average Bonchev–Trinajstić information content (AvgIpc) is 2.45. The van der Waals surface area contributed by atoms with E-state index in [4.69, 9.17) is 0 Å². The maximum atomic E-state index is 14.0. The van der Waals surface area contributed by atoms with Gasteiger partial charge >= 0.3 is 5.97 Å². The van der Waals surface area contributed by atoms with Gasteiger partial charge in [0.2, 0.25) is 0 Å². The molecule has 0 fully saturated rings. The van der Waals surface area contributed by atoms with E-state index in [2.05, 4.69) is 15.0 Å². The molecule has 3 rings (SSSR count). The average molecular weight is 301 g/mol. The van der Waals surface area contributed by atoms with E-state index in [-0.39, 0.29) is 27.9 Å². The maximum absolute atomic E-state index is 14.0. The Morgan fingerprint density at radius 3 is 2.64 bits per heavy atom. The third kappa shape index (κ3) is 2.26. The lowest BCUT2D eigenvalue weighted by molar-refractivity contribution is 0.0696.